The fraction of sp³-hybridized carbons (Fsp3) is 0.929. The van der Waals surface area contributed by atoms with Crippen LogP contribution in [0.4, 0.5) is 0 Å². The fourth-order valence-electron chi connectivity index (χ4n) is 2.47. The molecule has 118 valence electrons. The summed E-state index contributed by atoms with van der Waals surface area (Å²) >= 11 is 0. The third-order valence-corrected chi connectivity index (χ3v) is 3.65. The summed E-state index contributed by atoms with van der Waals surface area (Å²) in [6.07, 6.45) is 0.425. The molecule has 0 spiro atoms. The molecule has 20 heavy (non-hydrogen) atoms. The molecule has 1 rings (SSSR count). The summed E-state index contributed by atoms with van der Waals surface area (Å²) in [6.45, 7) is 10.9. The molecule has 0 aliphatic carbocycles. The van der Waals surface area contributed by atoms with Gasteiger partial charge in [0.05, 0.1) is 18.8 Å². The van der Waals surface area contributed by atoms with Crippen molar-refractivity contribution in [2.45, 2.75) is 51.5 Å². The molecule has 0 radical (unpaired) electrons. The molecule has 1 aliphatic heterocycles. The molecule has 1 amide bonds. The highest BCUT2D eigenvalue weighted by atomic mass is 16.5. The molecule has 0 aromatic heterocycles. The molecule has 3 unspecified atom stereocenters. The number of morpholine rings is 1. The van der Waals surface area contributed by atoms with E-state index in [4.69, 9.17) is 15.2 Å². The van der Waals surface area contributed by atoms with E-state index < -0.39 is 6.04 Å². The van der Waals surface area contributed by atoms with Crippen molar-refractivity contribution in [1.29, 1.82) is 0 Å². The van der Waals surface area contributed by atoms with Crippen LogP contribution in [-0.2, 0) is 14.3 Å². The zero-order valence-corrected chi connectivity index (χ0v) is 13.3. The first-order valence-electron chi connectivity index (χ1n) is 7.19. The number of rotatable bonds is 6. The summed E-state index contributed by atoms with van der Waals surface area (Å²) in [5.74, 6) is -0.172. The fourth-order valence-corrected chi connectivity index (χ4v) is 2.47. The Hall–Kier alpha value is -0.690. The van der Waals surface area contributed by atoms with Crippen LogP contribution in [0.15, 0.2) is 0 Å². The standard InChI is InChI=1S/C14H29N3O3/c1-10-6-17(7-11(2)20-10)14(3,4)9-16-13(18)12(15)8-19-5/h10-12H,6-9,15H2,1-5H3,(H,16,18). The van der Waals surface area contributed by atoms with Crippen LogP contribution >= 0.6 is 0 Å². The lowest BCUT2D eigenvalue weighted by molar-refractivity contribution is -0.125. The van der Waals surface area contributed by atoms with E-state index >= 15 is 0 Å². The summed E-state index contributed by atoms with van der Waals surface area (Å²) in [6, 6.07) is -0.613. The molecular formula is C14H29N3O3. The Kier molecular flexibility index (Phi) is 6.39. The van der Waals surface area contributed by atoms with E-state index in [2.05, 4.69) is 37.9 Å². The van der Waals surface area contributed by atoms with Gasteiger partial charge in [-0.1, -0.05) is 0 Å². The van der Waals surface area contributed by atoms with Gasteiger partial charge in [-0.3, -0.25) is 9.69 Å². The molecular weight excluding hydrogens is 258 g/mol. The van der Waals surface area contributed by atoms with Gasteiger partial charge in [0.2, 0.25) is 5.91 Å². The van der Waals surface area contributed by atoms with Crippen molar-refractivity contribution < 1.29 is 14.3 Å². The lowest BCUT2D eigenvalue weighted by Gasteiger charge is -2.45. The lowest BCUT2D eigenvalue weighted by Crippen LogP contribution is -2.59. The van der Waals surface area contributed by atoms with E-state index in [0.29, 0.717) is 6.54 Å². The van der Waals surface area contributed by atoms with Gasteiger partial charge in [0.1, 0.15) is 6.04 Å². The molecule has 0 aromatic carbocycles. The van der Waals surface area contributed by atoms with Crippen molar-refractivity contribution >= 4 is 5.91 Å². The number of carbonyl (C=O) groups is 1. The third kappa shape index (κ3) is 5.01. The number of hydrogen-bond acceptors (Lipinski definition) is 5. The maximum atomic E-state index is 11.8. The molecule has 1 saturated heterocycles. The Morgan fingerprint density at radius 3 is 2.50 bits per heavy atom. The van der Waals surface area contributed by atoms with E-state index in [1.165, 1.54) is 7.11 Å². The summed E-state index contributed by atoms with van der Waals surface area (Å²) in [4.78, 5) is 14.2. The van der Waals surface area contributed by atoms with Gasteiger partial charge in [-0.2, -0.15) is 0 Å². The summed E-state index contributed by atoms with van der Waals surface area (Å²) < 4.78 is 10.6. The number of amides is 1. The first kappa shape index (κ1) is 17.4. The van der Waals surface area contributed by atoms with Gasteiger partial charge in [0, 0.05) is 32.3 Å². The summed E-state index contributed by atoms with van der Waals surface area (Å²) in [5.41, 5.74) is 5.58. The Bertz CT molecular complexity index is 313. The topological polar surface area (TPSA) is 76.8 Å². The van der Waals surface area contributed by atoms with Crippen LogP contribution in [0.25, 0.3) is 0 Å². The third-order valence-electron chi connectivity index (χ3n) is 3.65. The molecule has 0 aromatic rings. The van der Waals surface area contributed by atoms with E-state index in [9.17, 15) is 4.79 Å². The largest absolute Gasteiger partial charge is 0.383 e. The zero-order chi connectivity index (χ0) is 15.3. The van der Waals surface area contributed by atoms with E-state index in [-0.39, 0.29) is 30.3 Å². The molecule has 1 aliphatic rings. The van der Waals surface area contributed by atoms with Crippen molar-refractivity contribution in [1.82, 2.24) is 10.2 Å². The normalized spacial score (nSPS) is 26.3. The van der Waals surface area contributed by atoms with Gasteiger partial charge in [0.15, 0.2) is 0 Å². The highest BCUT2D eigenvalue weighted by Gasteiger charge is 2.33. The lowest BCUT2D eigenvalue weighted by atomic mass is 10.00. The van der Waals surface area contributed by atoms with Crippen LogP contribution in [0, 0.1) is 0 Å². The predicted octanol–water partition coefficient (Wildman–Crippen LogP) is -0.0359. The summed E-state index contributed by atoms with van der Waals surface area (Å²) in [5, 5.41) is 2.91. The highest BCUT2D eigenvalue weighted by molar-refractivity contribution is 5.81. The second-order valence-corrected chi connectivity index (χ2v) is 6.25. The number of nitrogens with one attached hydrogen (secondary N) is 1. The highest BCUT2D eigenvalue weighted by Crippen LogP contribution is 2.20. The minimum absolute atomic E-state index is 0.130. The van der Waals surface area contributed by atoms with Gasteiger partial charge in [-0.25, -0.2) is 0 Å². The Morgan fingerprint density at radius 2 is 2.00 bits per heavy atom. The average Bonchev–Trinajstić information content (AvgIpc) is 2.35. The molecule has 6 nitrogen and oxygen atoms in total. The molecule has 6 heteroatoms. The predicted molar refractivity (Wildman–Crippen MR) is 78.5 cm³/mol. The van der Waals surface area contributed by atoms with Crippen LogP contribution in [0.2, 0.25) is 0 Å². The number of carbonyl (C=O) groups excluding carboxylic acids is 1. The van der Waals surface area contributed by atoms with Crippen LogP contribution in [0.3, 0.4) is 0 Å². The van der Waals surface area contributed by atoms with Gasteiger partial charge >= 0.3 is 0 Å². The quantitative estimate of drug-likeness (QED) is 0.717. The number of ether oxygens (including phenoxy) is 2. The van der Waals surface area contributed by atoms with Crippen LogP contribution in [0.5, 0.6) is 0 Å². The monoisotopic (exact) mass is 287 g/mol. The minimum Gasteiger partial charge on any atom is -0.383 e. The van der Waals surface area contributed by atoms with E-state index in [1.54, 1.807) is 0 Å². The Morgan fingerprint density at radius 1 is 1.45 bits per heavy atom. The Labute approximate surface area is 122 Å². The van der Waals surface area contributed by atoms with Crippen LogP contribution in [0.1, 0.15) is 27.7 Å². The maximum absolute atomic E-state index is 11.8. The smallest absolute Gasteiger partial charge is 0.239 e. The number of hydrogen-bond donors (Lipinski definition) is 2. The SMILES string of the molecule is COCC(N)C(=O)NCC(C)(C)N1CC(C)OC(C)C1. The van der Waals surface area contributed by atoms with Gasteiger partial charge in [-0.15, -0.1) is 0 Å². The van der Waals surface area contributed by atoms with Crippen molar-refractivity contribution in [3.63, 3.8) is 0 Å². The van der Waals surface area contributed by atoms with Gasteiger partial charge in [0.25, 0.3) is 0 Å². The zero-order valence-electron chi connectivity index (χ0n) is 13.3. The van der Waals surface area contributed by atoms with Gasteiger partial charge < -0.3 is 20.5 Å². The molecule has 1 heterocycles. The second-order valence-electron chi connectivity index (χ2n) is 6.25. The van der Waals surface area contributed by atoms with Crippen LogP contribution in [-0.4, -0.2) is 67.9 Å². The first-order chi connectivity index (χ1) is 9.26. The van der Waals surface area contributed by atoms with E-state index in [1.807, 2.05) is 0 Å². The van der Waals surface area contributed by atoms with E-state index in [0.717, 1.165) is 13.1 Å². The second kappa shape index (κ2) is 7.36. The minimum atomic E-state index is -0.613. The van der Waals surface area contributed by atoms with Crippen LogP contribution < -0.4 is 11.1 Å². The molecule has 3 atom stereocenters. The Balaban J connectivity index is 2.50. The first-order valence-corrected chi connectivity index (χ1v) is 7.19. The van der Waals surface area contributed by atoms with Crippen molar-refractivity contribution in [2.75, 3.05) is 33.4 Å². The number of nitrogens with zero attached hydrogens (tertiary/aromatic N) is 1. The molecule has 3 N–H and O–H groups in total. The summed E-state index contributed by atoms with van der Waals surface area (Å²) in [7, 11) is 1.54. The maximum Gasteiger partial charge on any atom is 0.239 e. The van der Waals surface area contributed by atoms with Crippen molar-refractivity contribution in [2.24, 2.45) is 5.73 Å². The number of methoxy groups -OCH3 is 1. The molecule has 1 fully saturated rings. The van der Waals surface area contributed by atoms with Crippen molar-refractivity contribution in [3.05, 3.63) is 0 Å². The molecule has 0 saturated carbocycles. The van der Waals surface area contributed by atoms with Gasteiger partial charge in [-0.05, 0) is 27.7 Å². The number of nitrogens with two attached hydrogens (primary N) is 1. The van der Waals surface area contributed by atoms with Crippen molar-refractivity contribution in [3.8, 4) is 0 Å². The molecule has 0 bridgehead atoms. The average molecular weight is 287 g/mol.